The number of hydrogen-bond donors (Lipinski definition) is 0. The van der Waals surface area contributed by atoms with E-state index in [1.54, 1.807) is 11.1 Å². The van der Waals surface area contributed by atoms with E-state index in [0.29, 0.717) is 5.92 Å². The molecule has 4 aliphatic carbocycles. The van der Waals surface area contributed by atoms with Crippen molar-refractivity contribution in [2.75, 3.05) is 4.90 Å². The quantitative estimate of drug-likeness (QED) is 0.0577. The molecule has 0 amide bonds. The monoisotopic (exact) mass is 1090 g/mol. The van der Waals surface area contributed by atoms with Crippen molar-refractivity contribution >= 4 is 17.1 Å². The van der Waals surface area contributed by atoms with Gasteiger partial charge in [-0.3, -0.25) is 0 Å². The zero-order valence-corrected chi connectivity index (χ0v) is 50.8. The summed E-state index contributed by atoms with van der Waals surface area (Å²) in [6, 6.07) is 72.9. The summed E-state index contributed by atoms with van der Waals surface area (Å²) >= 11 is 0. The van der Waals surface area contributed by atoms with E-state index in [9.17, 15) is 0 Å². The number of benzene rings is 9. The molecular weight excluding hydrogens is 999 g/mol. The summed E-state index contributed by atoms with van der Waals surface area (Å²) in [6.45, 7) is 13.8. The zero-order valence-electron chi connectivity index (χ0n) is 50.8. The molecule has 0 aliphatic heterocycles. The van der Waals surface area contributed by atoms with Crippen LogP contribution < -0.4 is 4.90 Å². The molecule has 0 bridgehead atoms. The Kier molecular flexibility index (Phi) is 15.5. The first kappa shape index (κ1) is 55.0. The van der Waals surface area contributed by atoms with E-state index < -0.39 is 5.41 Å². The number of anilines is 3. The normalized spacial score (nSPS) is 14.8. The fourth-order valence-electron chi connectivity index (χ4n) is 15.3. The molecule has 0 aromatic heterocycles. The van der Waals surface area contributed by atoms with Crippen LogP contribution in [0.5, 0.6) is 0 Å². The predicted octanol–water partition coefficient (Wildman–Crippen LogP) is 22.9. The van der Waals surface area contributed by atoms with Crippen molar-refractivity contribution in [2.45, 2.75) is 180 Å². The molecule has 1 atom stereocenters. The summed E-state index contributed by atoms with van der Waals surface area (Å²) in [4.78, 5) is 2.41. The lowest BCUT2D eigenvalue weighted by Crippen LogP contribution is -2.30. The van der Waals surface area contributed by atoms with Crippen LogP contribution in [0.25, 0.3) is 44.5 Å². The van der Waals surface area contributed by atoms with Crippen LogP contribution >= 0.6 is 0 Å². The molecule has 1 heteroatoms. The highest BCUT2D eigenvalue weighted by atomic mass is 15.1. The Labute approximate surface area is 498 Å². The summed E-state index contributed by atoms with van der Waals surface area (Å²) in [7, 11) is 0. The first-order chi connectivity index (χ1) is 40.7. The highest BCUT2D eigenvalue weighted by Gasteiger charge is 2.48. The molecule has 1 unspecified atom stereocenters. The molecule has 0 spiro atoms. The summed E-state index contributed by atoms with van der Waals surface area (Å²) in [5, 5.41) is 0. The van der Waals surface area contributed by atoms with Crippen molar-refractivity contribution in [3.8, 4) is 44.5 Å². The maximum absolute atomic E-state index is 2.68. The molecule has 0 saturated carbocycles. The fourth-order valence-corrected chi connectivity index (χ4v) is 15.3. The van der Waals surface area contributed by atoms with Gasteiger partial charge in [-0.15, -0.1) is 0 Å². The van der Waals surface area contributed by atoms with Gasteiger partial charge in [-0.05, 0) is 225 Å². The Morgan fingerprint density at radius 2 is 0.759 bits per heavy atom. The van der Waals surface area contributed by atoms with E-state index in [4.69, 9.17) is 0 Å². The topological polar surface area (TPSA) is 3.24 Å². The molecule has 83 heavy (non-hydrogen) atoms. The van der Waals surface area contributed by atoms with Crippen LogP contribution in [0, 0.1) is 13.8 Å². The molecule has 420 valence electrons. The highest BCUT2D eigenvalue weighted by molar-refractivity contribution is 5.92. The highest BCUT2D eigenvalue weighted by Crippen LogP contribution is 2.60. The lowest BCUT2D eigenvalue weighted by atomic mass is 9.65. The molecule has 1 nitrogen and oxygen atoms in total. The smallest absolute Gasteiger partial charge is 0.0714 e. The molecule has 4 aliphatic rings. The predicted molar refractivity (Wildman–Crippen MR) is 354 cm³/mol. The van der Waals surface area contributed by atoms with Crippen molar-refractivity contribution < 1.29 is 0 Å². The average Bonchev–Trinajstić information content (AvgIpc) is 3.49. The Morgan fingerprint density at radius 3 is 1.24 bits per heavy atom. The number of nitrogens with zero attached hydrogens (tertiary/aromatic N) is 1. The maximum Gasteiger partial charge on any atom is 0.0714 e. The number of aryl methyl sites for hydroxylation is 6. The van der Waals surface area contributed by atoms with Gasteiger partial charge in [-0.2, -0.15) is 0 Å². The Morgan fingerprint density at radius 1 is 0.361 bits per heavy atom. The lowest BCUT2D eigenvalue weighted by Gasteiger charge is -2.37. The standard InChI is InChI=1S/C82H87N/c1-7-10-12-14-16-18-48-81(49-19-17-15-13-11-8-2)77-50-57(5)22-44-73(77)74-45-34-66(53-78(74)81)67-35-47-76-75-46-33-65(62-31-42-72(43-32-62)83(70-38-20-56(4)21-39-70)71-40-29-59(30-41-71)58(6)9-3)54-79(75)82(80(76)55-67,68-36-27-60-23-25-63(60)51-68)69-37-28-61-24-26-64(61)52-69/h20-22,27-47,50-55,58H,7-19,23-26,48-49H2,1-6H3. The summed E-state index contributed by atoms with van der Waals surface area (Å²) in [6.07, 6.45) is 24.1. The molecule has 0 heterocycles. The second-order valence-corrected chi connectivity index (χ2v) is 25.8. The molecule has 0 fully saturated rings. The summed E-state index contributed by atoms with van der Waals surface area (Å²) < 4.78 is 0. The lowest BCUT2D eigenvalue weighted by molar-refractivity contribution is 0.398. The van der Waals surface area contributed by atoms with Crippen LogP contribution in [-0.4, -0.2) is 0 Å². The number of hydrogen-bond acceptors (Lipinski definition) is 1. The van der Waals surface area contributed by atoms with Gasteiger partial charge in [-0.1, -0.05) is 243 Å². The van der Waals surface area contributed by atoms with E-state index in [1.807, 2.05) is 0 Å². The van der Waals surface area contributed by atoms with E-state index in [2.05, 4.69) is 228 Å². The largest absolute Gasteiger partial charge is 0.311 e. The molecule has 9 aromatic rings. The minimum atomic E-state index is -0.515. The third kappa shape index (κ3) is 10.0. The SMILES string of the molecule is CCCCCCCCC1(CCCCCCCC)c2cc(C)ccc2-c2ccc(-c3ccc4c(c3)C(c3ccc5c(c3)CC5)(c3ccc5c(c3)CC5)c3cc(-c5ccc(N(c6ccc(C)cc6)c6ccc(C(C)CC)cc6)cc5)ccc3-4)cc21. The van der Waals surface area contributed by atoms with Crippen LogP contribution in [0.1, 0.15) is 202 Å². The average molecular weight is 1090 g/mol. The van der Waals surface area contributed by atoms with Crippen LogP contribution in [0.4, 0.5) is 17.1 Å². The van der Waals surface area contributed by atoms with Gasteiger partial charge in [-0.25, -0.2) is 0 Å². The fraction of sp³-hybridized carbons (Fsp3) is 0.341. The van der Waals surface area contributed by atoms with Gasteiger partial charge < -0.3 is 4.90 Å². The van der Waals surface area contributed by atoms with Crippen molar-refractivity contribution in [3.63, 3.8) is 0 Å². The van der Waals surface area contributed by atoms with E-state index >= 15 is 0 Å². The number of unbranched alkanes of at least 4 members (excludes halogenated alkanes) is 10. The van der Waals surface area contributed by atoms with Crippen LogP contribution in [-0.2, 0) is 36.5 Å². The van der Waals surface area contributed by atoms with Gasteiger partial charge in [0.05, 0.1) is 5.41 Å². The number of fused-ring (bicyclic) bond motifs is 8. The van der Waals surface area contributed by atoms with Crippen LogP contribution in [0.2, 0.25) is 0 Å². The van der Waals surface area contributed by atoms with Gasteiger partial charge in [0, 0.05) is 22.5 Å². The van der Waals surface area contributed by atoms with Crippen molar-refractivity contribution in [1.29, 1.82) is 0 Å². The van der Waals surface area contributed by atoms with Crippen LogP contribution in [0.3, 0.4) is 0 Å². The van der Waals surface area contributed by atoms with Gasteiger partial charge in [0.2, 0.25) is 0 Å². The Hall–Kier alpha value is -7.22. The molecule has 9 aromatic carbocycles. The molecular formula is C82H87N. The van der Waals surface area contributed by atoms with Gasteiger partial charge >= 0.3 is 0 Å². The first-order valence-electron chi connectivity index (χ1n) is 32.6. The van der Waals surface area contributed by atoms with Crippen molar-refractivity contribution in [2.24, 2.45) is 0 Å². The van der Waals surface area contributed by atoms with E-state index in [0.717, 1.165) is 30.6 Å². The molecule has 0 saturated heterocycles. The van der Waals surface area contributed by atoms with Gasteiger partial charge in [0.15, 0.2) is 0 Å². The number of rotatable bonds is 23. The molecule has 0 N–H and O–H groups in total. The minimum Gasteiger partial charge on any atom is -0.311 e. The van der Waals surface area contributed by atoms with Crippen LogP contribution in [0.15, 0.2) is 182 Å². The third-order valence-electron chi connectivity index (χ3n) is 20.6. The first-order valence-corrected chi connectivity index (χ1v) is 32.6. The van der Waals surface area contributed by atoms with E-state index in [1.165, 1.54) is 214 Å². The van der Waals surface area contributed by atoms with Gasteiger partial charge in [0.25, 0.3) is 0 Å². The third-order valence-corrected chi connectivity index (χ3v) is 20.6. The summed E-state index contributed by atoms with van der Waals surface area (Å²) in [5.74, 6) is 0.529. The Bertz CT molecular complexity index is 3720. The second kappa shape index (κ2) is 23.4. The molecule has 0 radical (unpaired) electrons. The zero-order chi connectivity index (χ0) is 56.7. The molecule has 13 rings (SSSR count). The minimum absolute atomic E-state index is 0.0169. The van der Waals surface area contributed by atoms with Crippen molar-refractivity contribution in [3.05, 3.63) is 254 Å². The summed E-state index contributed by atoms with van der Waals surface area (Å²) in [5.41, 5.74) is 32.6. The van der Waals surface area contributed by atoms with E-state index in [-0.39, 0.29) is 5.41 Å². The second-order valence-electron chi connectivity index (χ2n) is 25.8. The Balaban J connectivity index is 0.934. The maximum atomic E-state index is 2.68. The van der Waals surface area contributed by atoms with Gasteiger partial charge in [0.1, 0.15) is 0 Å². The van der Waals surface area contributed by atoms with Crippen molar-refractivity contribution in [1.82, 2.24) is 0 Å².